The van der Waals surface area contributed by atoms with Crippen molar-refractivity contribution in [3.63, 3.8) is 0 Å². The Labute approximate surface area is 181 Å². The van der Waals surface area contributed by atoms with Gasteiger partial charge in [-0.1, -0.05) is 0 Å². The maximum Gasteiger partial charge on any atom is 0.414 e. The Balaban J connectivity index is 1.69. The number of ether oxygens (including phenoxy) is 1. The van der Waals surface area contributed by atoms with Gasteiger partial charge in [0.15, 0.2) is 0 Å². The molecule has 0 aliphatic carbocycles. The molecule has 7 nitrogen and oxygen atoms in total. The zero-order valence-corrected chi connectivity index (χ0v) is 19.6. The Bertz CT molecular complexity index is 745. The molecule has 2 aliphatic rings. The summed E-state index contributed by atoms with van der Waals surface area (Å²) < 4.78 is 5.52. The summed E-state index contributed by atoms with van der Waals surface area (Å²) in [6.07, 6.45) is 1.95. The predicted molar refractivity (Wildman–Crippen MR) is 125 cm³/mol. The van der Waals surface area contributed by atoms with E-state index in [0.717, 1.165) is 37.4 Å². The minimum Gasteiger partial charge on any atom is -0.443 e. The summed E-state index contributed by atoms with van der Waals surface area (Å²) in [5.74, 6) is 0. The summed E-state index contributed by atoms with van der Waals surface area (Å²) in [6, 6.07) is 4.69. The van der Waals surface area contributed by atoms with Crippen molar-refractivity contribution < 1.29 is 9.53 Å². The van der Waals surface area contributed by atoms with E-state index in [2.05, 4.69) is 28.7 Å². The lowest BCUT2D eigenvalue weighted by Gasteiger charge is -2.43. The highest BCUT2D eigenvalue weighted by atomic mass is 16.6. The fourth-order valence-corrected chi connectivity index (χ4v) is 4.43. The molecule has 3 rings (SSSR count). The van der Waals surface area contributed by atoms with Crippen molar-refractivity contribution in [3.8, 4) is 0 Å². The van der Waals surface area contributed by atoms with Crippen LogP contribution in [0, 0.1) is 6.92 Å². The Morgan fingerprint density at radius 3 is 2.27 bits per heavy atom. The molecule has 1 aromatic rings. The average Bonchev–Trinajstić information content (AvgIpc) is 2.67. The fourth-order valence-electron chi connectivity index (χ4n) is 4.43. The molecule has 2 fully saturated rings. The molecular weight excluding hydrogens is 378 g/mol. The van der Waals surface area contributed by atoms with E-state index in [1.54, 1.807) is 7.05 Å². The van der Waals surface area contributed by atoms with Crippen molar-refractivity contribution >= 4 is 23.2 Å². The number of rotatable bonds is 3. The van der Waals surface area contributed by atoms with Crippen LogP contribution in [0.15, 0.2) is 12.1 Å². The number of nitrogen functional groups attached to an aromatic ring is 1. The molecule has 2 saturated heterocycles. The summed E-state index contributed by atoms with van der Waals surface area (Å²) in [7, 11) is 3.92. The number of nitrogens with two attached hydrogens (primary N) is 1. The van der Waals surface area contributed by atoms with Crippen molar-refractivity contribution in [1.29, 1.82) is 0 Å². The van der Waals surface area contributed by atoms with Crippen LogP contribution in [-0.4, -0.2) is 80.9 Å². The molecule has 0 radical (unpaired) electrons. The first-order chi connectivity index (χ1) is 14.0. The van der Waals surface area contributed by atoms with Crippen LogP contribution in [0.1, 0.15) is 39.2 Å². The number of amides is 1. The first kappa shape index (κ1) is 22.7. The molecular formula is C23H39N5O2. The quantitative estimate of drug-likeness (QED) is 0.762. The number of carbonyl (C=O) groups excluding carboxylic acids is 1. The molecule has 168 valence electrons. The Morgan fingerprint density at radius 2 is 1.70 bits per heavy atom. The number of aryl methyl sites for hydroxylation is 1. The van der Waals surface area contributed by atoms with Gasteiger partial charge >= 0.3 is 6.09 Å². The third-order valence-corrected chi connectivity index (χ3v) is 6.23. The third-order valence-electron chi connectivity index (χ3n) is 6.23. The maximum absolute atomic E-state index is 12.6. The van der Waals surface area contributed by atoms with Gasteiger partial charge in [-0.25, -0.2) is 4.79 Å². The first-order valence-corrected chi connectivity index (χ1v) is 11.1. The highest BCUT2D eigenvalue weighted by Gasteiger charge is 2.28. The molecule has 0 bridgehead atoms. The predicted octanol–water partition coefficient (Wildman–Crippen LogP) is 3.16. The topological polar surface area (TPSA) is 65.3 Å². The molecule has 1 aromatic carbocycles. The molecule has 30 heavy (non-hydrogen) atoms. The van der Waals surface area contributed by atoms with E-state index in [0.29, 0.717) is 17.4 Å². The monoisotopic (exact) mass is 417 g/mol. The second-order valence-corrected chi connectivity index (χ2v) is 9.79. The van der Waals surface area contributed by atoms with Gasteiger partial charge in [-0.2, -0.15) is 0 Å². The normalized spacial score (nSPS) is 19.7. The van der Waals surface area contributed by atoms with Gasteiger partial charge in [0.2, 0.25) is 0 Å². The van der Waals surface area contributed by atoms with Gasteiger partial charge in [0.05, 0.1) is 11.4 Å². The van der Waals surface area contributed by atoms with Crippen LogP contribution in [0.3, 0.4) is 0 Å². The zero-order valence-electron chi connectivity index (χ0n) is 19.6. The van der Waals surface area contributed by atoms with E-state index < -0.39 is 11.7 Å². The van der Waals surface area contributed by atoms with E-state index in [9.17, 15) is 4.79 Å². The number of benzene rings is 1. The van der Waals surface area contributed by atoms with E-state index in [-0.39, 0.29) is 0 Å². The standard InChI is InChI=1S/C23H39N5O2/c1-17-15-19(24)21(26(6)22(29)30-23(2,3)4)16-20(17)28-9-7-18(8-10-28)27-13-11-25(5)12-14-27/h15-16,18H,7-14,24H2,1-6H3. The summed E-state index contributed by atoms with van der Waals surface area (Å²) in [5, 5.41) is 0. The number of anilines is 3. The lowest BCUT2D eigenvalue weighted by molar-refractivity contribution is 0.0589. The minimum atomic E-state index is -0.543. The second-order valence-electron chi connectivity index (χ2n) is 9.79. The number of hydrogen-bond donors (Lipinski definition) is 1. The lowest BCUT2D eigenvalue weighted by Crippen LogP contribution is -2.52. The number of piperazine rings is 1. The Morgan fingerprint density at radius 1 is 1.10 bits per heavy atom. The van der Waals surface area contributed by atoms with E-state index in [1.807, 2.05) is 32.9 Å². The van der Waals surface area contributed by atoms with Crippen molar-refractivity contribution in [2.24, 2.45) is 0 Å². The Kier molecular flexibility index (Phi) is 6.82. The van der Waals surface area contributed by atoms with Gasteiger partial charge in [0.25, 0.3) is 0 Å². The molecule has 7 heteroatoms. The highest BCUT2D eigenvalue weighted by Crippen LogP contribution is 2.34. The third kappa shape index (κ3) is 5.38. The number of hydrogen-bond acceptors (Lipinski definition) is 6. The average molecular weight is 418 g/mol. The summed E-state index contributed by atoms with van der Waals surface area (Å²) in [4.78, 5) is 21.6. The largest absolute Gasteiger partial charge is 0.443 e. The number of piperidine rings is 1. The molecule has 0 aromatic heterocycles. The summed E-state index contributed by atoms with van der Waals surface area (Å²) in [5.41, 5.74) is 9.33. The number of carbonyl (C=O) groups is 1. The van der Waals surface area contributed by atoms with Crippen LogP contribution in [-0.2, 0) is 4.74 Å². The van der Waals surface area contributed by atoms with E-state index in [4.69, 9.17) is 10.5 Å². The van der Waals surface area contributed by atoms with E-state index in [1.165, 1.54) is 30.8 Å². The van der Waals surface area contributed by atoms with Gasteiger partial charge in [-0.05, 0) is 65.3 Å². The van der Waals surface area contributed by atoms with Crippen LogP contribution >= 0.6 is 0 Å². The van der Waals surface area contributed by atoms with E-state index >= 15 is 0 Å². The smallest absolute Gasteiger partial charge is 0.414 e. The highest BCUT2D eigenvalue weighted by molar-refractivity contribution is 5.93. The minimum absolute atomic E-state index is 0.391. The summed E-state index contributed by atoms with van der Waals surface area (Å²) in [6.45, 7) is 14.4. The molecule has 2 aliphatic heterocycles. The van der Waals surface area contributed by atoms with Crippen molar-refractivity contribution in [3.05, 3.63) is 17.7 Å². The van der Waals surface area contributed by atoms with Gasteiger partial charge in [-0.15, -0.1) is 0 Å². The van der Waals surface area contributed by atoms with Gasteiger partial charge in [0, 0.05) is 58.0 Å². The van der Waals surface area contributed by atoms with Crippen molar-refractivity contribution in [2.75, 3.05) is 68.9 Å². The molecule has 0 unspecified atom stereocenters. The van der Waals surface area contributed by atoms with Gasteiger partial charge in [0.1, 0.15) is 5.60 Å². The molecule has 0 spiro atoms. The van der Waals surface area contributed by atoms with Crippen LogP contribution < -0.4 is 15.5 Å². The number of likely N-dealkylation sites (N-methyl/N-ethyl adjacent to an activating group) is 1. The van der Waals surface area contributed by atoms with Gasteiger partial charge in [-0.3, -0.25) is 9.80 Å². The van der Waals surface area contributed by atoms with Gasteiger partial charge < -0.3 is 20.3 Å². The Hall–Kier alpha value is -1.99. The van der Waals surface area contributed by atoms with Crippen LogP contribution in [0.5, 0.6) is 0 Å². The molecule has 0 atom stereocenters. The van der Waals surface area contributed by atoms with Crippen LogP contribution in [0.2, 0.25) is 0 Å². The molecule has 2 N–H and O–H groups in total. The lowest BCUT2D eigenvalue weighted by atomic mass is 10.00. The number of nitrogens with zero attached hydrogens (tertiary/aromatic N) is 4. The fraction of sp³-hybridized carbons (Fsp3) is 0.696. The zero-order chi connectivity index (χ0) is 22.1. The first-order valence-electron chi connectivity index (χ1n) is 11.1. The van der Waals surface area contributed by atoms with Crippen LogP contribution in [0.4, 0.5) is 21.9 Å². The second kappa shape index (κ2) is 9.02. The summed E-state index contributed by atoms with van der Waals surface area (Å²) >= 11 is 0. The molecule has 0 saturated carbocycles. The molecule has 1 amide bonds. The van der Waals surface area contributed by atoms with Crippen molar-refractivity contribution in [2.45, 2.75) is 52.2 Å². The SMILES string of the molecule is Cc1cc(N)c(N(C)C(=O)OC(C)(C)C)cc1N1CCC(N2CCN(C)CC2)CC1. The molecule has 2 heterocycles. The van der Waals surface area contributed by atoms with Crippen molar-refractivity contribution in [1.82, 2.24) is 9.80 Å². The maximum atomic E-state index is 12.6. The van der Waals surface area contributed by atoms with Crippen LogP contribution in [0.25, 0.3) is 0 Å².